The summed E-state index contributed by atoms with van der Waals surface area (Å²) in [7, 11) is 0. The van der Waals surface area contributed by atoms with Gasteiger partial charge < -0.3 is 10.6 Å². The lowest BCUT2D eigenvalue weighted by atomic mass is 9.81. The molecular formula is C16H23FN2O. The van der Waals surface area contributed by atoms with E-state index in [1.807, 2.05) is 6.92 Å². The maximum absolute atomic E-state index is 13.2. The molecule has 1 amide bonds. The zero-order valence-electron chi connectivity index (χ0n) is 12.2. The maximum Gasteiger partial charge on any atom is 0.227 e. The molecule has 1 heterocycles. The molecule has 1 atom stereocenters. The van der Waals surface area contributed by atoms with Gasteiger partial charge >= 0.3 is 0 Å². The first-order chi connectivity index (χ1) is 9.50. The van der Waals surface area contributed by atoms with E-state index in [1.165, 1.54) is 12.1 Å². The first-order valence-corrected chi connectivity index (χ1v) is 7.24. The summed E-state index contributed by atoms with van der Waals surface area (Å²) >= 11 is 0. The smallest absolute Gasteiger partial charge is 0.227 e. The molecule has 4 heteroatoms. The van der Waals surface area contributed by atoms with Crippen molar-refractivity contribution in [3.05, 3.63) is 35.6 Å². The van der Waals surface area contributed by atoms with Crippen molar-refractivity contribution in [2.24, 2.45) is 5.41 Å². The summed E-state index contributed by atoms with van der Waals surface area (Å²) in [4.78, 5) is 12.2. The molecule has 110 valence electrons. The van der Waals surface area contributed by atoms with Crippen LogP contribution < -0.4 is 10.6 Å². The molecule has 1 saturated heterocycles. The second-order valence-corrected chi connectivity index (χ2v) is 6.06. The fraction of sp³-hybridized carbons (Fsp3) is 0.562. The van der Waals surface area contributed by atoms with Crippen LogP contribution in [0.3, 0.4) is 0 Å². The summed E-state index contributed by atoms with van der Waals surface area (Å²) in [5.41, 5.74) is 0.890. The number of rotatable bonds is 4. The number of carbonyl (C=O) groups excluding carboxylic acids is 1. The Balaban J connectivity index is 1.91. The van der Waals surface area contributed by atoms with Gasteiger partial charge in [0.15, 0.2) is 0 Å². The van der Waals surface area contributed by atoms with Crippen LogP contribution in [0.2, 0.25) is 0 Å². The van der Waals surface area contributed by atoms with E-state index in [0.717, 1.165) is 31.5 Å². The minimum Gasteiger partial charge on any atom is -0.355 e. The number of hydrogen-bond acceptors (Lipinski definition) is 2. The van der Waals surface area contributed by atoms with Gasteiger partial charge in [0.1, 0.15) is 5.82 Å². The van der Waals surface area contributed by atoms with Crippen LogP contribution in [0.15, 0.2) is 24.3 Å². The van der Waals surface area contributed by atoms with Crippen LogP contribution in [-0.4, -0.2) is 25.5 Å². The highest BCUT2D eigenvalue weighted by molar-refractivity contribution is 5.83. The Labute approximate surface area is 120 Å². The van der Waals surface area contributed by atoms with Gasteiger partial charge in [-0.15, -0.1) is 0 Å². The minimum atomic E-state index is -0.323. The molecule has 1 fully saturated rings. The van der Waals surface area contributed by atoms with Gasteiger partial charge in [0.2, 0.25) is 5.91 Å². The predicted molar refractivity (Wildman–Crippen MR) is 78.0 cm³/mol. The fourth-order valence-corrected chi connectivity index (χ4v) is 2.59. The second kappa shape index (κ2) is 6.35. The highest BCUT2D eigenvalue weighted by Gasteiger charge is 2.28. The van der Waals surface area contributed by atoms with E-state index >= 15 is 0 Å². The first-order valence-electron chi connectivity index (χ1n) is 7.24. The zero-order valence-corrected chi connectivity index (χ0v) is 12.2. The van der Waals surface area contributed by atoms with Crippen LogP contribution in [0.1, 0.15) is 38.2 Å². The Kier molecular flexibility index (Phi) is 4.76. The zero-order chi connectivity index (χ0) is 14.6. The van der Waals surface area contributed by atoms with Crippen molar-refractivity contribution in [2.45, 2.75) is 32.6 Å². The molecule has 0 radical (unpaired) electrons. The Bertz CT molecular complexity index is 469. The van der Waals surface area contributed by atoms with Crippen molar-refractivity contribution in [1.29, 1.82) is 0 Å². The SMILES string of the molecule is CC(C(=O)NCC1(C)CCNCC1)c1cccc(F)c1. The molecule has 2 N–H and O–H groups in total. The van der Waals surface area contributed by atoms with E-state index in [0.29, 0.717) is 6.54 Å². The first kappa shape index (κ1) is 15.0. The molecule has 0 spiro atoms. The summed E-state index contributed by atoms with van der Waals surface area (Å²) in [6, 6.07) is 6.25. The Morgan fingerprint density at radius 3 is 2.80 bits per heavy atom. The number of piperidine rings is 1. The van der Waals surface area contributed by atoms with Crippen LogP contribution in [-0.2, 0) is 4.79 Å². The molecule has 0 saturated carbocycles. The molecule has 1 aromatic carbocycles. The Morgan fingerprint density at radius 2 is 2.15 bits per heavy atom. The van der Waals surface area contributed by atoms with Crippen molar-refractivity contribution >= 4 is 5.91 Å². The van der Waals surface area contributed by atoms with E-state index in [4.69, 9.17) is 0 Å². The second-order valence-electron chi connectivity index (χ2n) is 6.06. The van der Waals surface area contributed by atoms with E-state index < -0.39 is 0 Å². The van der Waals surface area contributed by atoms with Crippen LogP contribution in [0.25, 0.3) is 0 Å². The molecule has 20 heavy (non-hydrogen) atoms. The van der Waals surface area contributed by atoms with Gasteiger partial charge in [-0.05, 0) is 56.0 Å². The number of halogens is 1. The standard InChI is InChI=1S/C16H23FN2O/c1-12(13-4-3-5-14(17)10-13)15(20)19-11-16(2)6-8-18-9-7-16/h3-5,10,12,18H,6-9,11H2,1-2H3,(H,19,20). The third-order valence-corrected chi connectivity index (χ3v) is 4.24. The van der Waals surface area contributed by atoms with E-state index in [1.54, 1.807) is 12.1 Å². The molecule has 2 rings (SSSR count). The largest absolute Gasteiger partial charge is 0.355 e. The van der Waals surface area contributed by atoms with Gasteiger partial charge in [0, 0.05) is 6.54 Å². The van der Waals surface area contributed by atoms with Crippen LogP contribution >= 0.6 is 0 Å². The molecule has 0 bridgehead atoms. The lowest BCUT2D eigenvalue weighted by Crippen LogP contribution is -2.43. The maximum atomic E-state index is 13.2. The molecule has 1 aliphatic rings. The number of carbonyl (C=O) groups is 1. The summed E-state index contributed by atoms with van der Waals surface area (Å²) in [6.45, 7) is 6.72. The monoisotopic (exact) mass is 278 g/mol. The highest BCUT2D eigenvalue weighted by atomic mass is 19.1. The highest BCUT2D eigenvalue weighted by Crippen LogP contribution is 2.27. The van der Waals surface area contributed by atoms with Gasteiger partial charge in [-0.1, -0.05) is 19.1 Å². The Hall–Kier alpha value is -1.42. The van der Waals surface area contributed by atoms with Crippen LogP contribution in [0, 0.1) is 11.2 Å². The van der Waals surface area contributed by atoms with Crippen molar-refractivity contribution in [2.75, 3.05) is 19.6 Å². The molecular weight excluding hydrogens is 255 g/mol. The number of amides is 1. The Morgan fingerprint density at radius 1 is 1.45 bits per heavy atom. The number of hydrogen-bond donors (Lipinski definition) is 2. The average Bonchev–Trinajstić information content (AvgIpc) is 2.45. The summed E-state index contributed by atoms with van der Waals surface area (Å²) < 4.78 is 13.2. The third-order valence-electron chi connectivity index (χ3n) is 4.24. The van der Waals surface area contributed by atoms with Crippen LogP contribution in [0.4, 0.5) is 4.39 Å². The van der Waals surface area contributed by atoms with Crippen molar-refractivity contribution < 1.29 is 9.18 Å². The normalized spacial score (nSPS) is 19.4. The van der Waals surface area contributed by atoms with E-state index in [9.17, 15) is 9.18 Å². The molecule has 3 nitrogen and oxygen atoms in total. The predicted octanol–water partition coefficient (Wildman–Crippen LogP) is 2.44. The van der Waals surface area contributed by atoms with E-state index in [2.05, 4.69) is 17.6 Å². The lowest BCUT2D eigenvalue weighted by molar-refractivity contribution is -0.122. The molecule has 1 aromatic rings. The summed E-state index contributed by atoms with van der Waals surface area (Å²) in [6.07, 6.45) is 2.14. The third kappa shape index (κ3) is 3.79. The lowest BCUT2D eigenvalue weighted by Gasteiger charge is -2.34. The molecule has 0 aliphatic carbocycles. The van der Waals surface area contributed by atoms with Gasteiger partial charge in [-0.25, -0.2) is 4.39 Å². The fourth-order valence-electron chi connectivity index (χ4n) is 2.59. The van der Waals surface area contributed by atoms with Crippen LogP contribution in [0.5, 0.6) is 0 Å². The van der Waals surface area contributed by atoms with Crippen molar-refractivity contribution in [1.82, 2.24) is 10.6 Å². The van der Waals surface area contributed by atoms with Crippen molar-refractivity contribution in [3.63, 3.8) is 0 Å². The van der Waals surface area contributed by atoms with E-state index in [-0.39, 0.29) is 23.1 Å². The topological polar surface area (TPSA) is 41.1 Å². The number of nitrogens with one attached hydrogen (secondary N) is 2. The summed E-state index contributed by atoms with van der Waals surface area (Å²) in [5, 5.41) is 6.35. The molecule has 0 aromatic heterocycles. The number of benzene rings is 1. The quantitative estimate of drug-likeness (QED) is 0.888. The summed E-state index contributed by atoms with van der Waals surface area (Å²) in [5.74, 6) is -0.654. The molecule has 1 unspecified atom stereocenters. The average molecular weight is 278 g/mol. The molecule has 1 aliphatic heterocycles. The van der Waals surface area contributed by atoms with Gasteiger partial charge in [-0.3, -0.25) is 4.79 Å². The van der Waals surface area contributed by atoms with Gasteiger partial charge in [0.25, 0.3) is 0 Å². The van der Waals surface area contributed by atoms with Crippen molar-refractivity contribution in [3.8, 4) is 0 Å². The van der Waals surface area contributed by atoms with Gasteiger partial charge in [-0.2, -0.15) is 0 Å². The minimum absolute atomic E-state index is 0.0321. The van der Waals surface area contributed by atoms with Gasteiger partial charge in [0.05, 0.1) is 5.92 Å².